The molecule has 2 N–H and O–H groups in total. The van der Waals surface area contributed by atoms with Crippen molar-refractivity contribution in [2.24, 2.45) is 17.8 Å². The molecule has 0 spiro atoms. The molecule has 0 radical (unpaired) electrons. The molecule has 1 heterocycles. The average molecular weight is 390 g/mol. The number of methoxy groups -OCH3 is 1. The Morgan fingerprint density at radius 3 is 2.45 bits per heavy atom. The number of piperidine rings is 1. The Hall–Kier alpha value is -3.08. The summed E-state index contributed by atoms with van der Waals surface area (Å²) in [7, 11) is 1.63. The van der Waals surface area contributed by atoms with Gasteiger partial charge in [-0.05, 0) is 49.6 Å². The van der Waals surface area contributed by atoms with Gasteiger partial charge in [0.15, 0.2) is 0 Å². The van der Waals surface area contributed by atoms with Gasteiger partial charge in [-0.1, -0.05) is 42.0 Å². The number of amides is 2. The Labute approximate surface area is 171 Å². The topological polar surface area (TPSA) is 67.4 Å². The van der Waals surface area contributed by atoms with Crippen LogP contribution in [0.3, 0.4) is 0 Å². The second kappa shape index (κ2) is 8.11. The zero-order chi connectivity index (χ0) is 20.4. The van der Waals surface area contributed by atoms with Gasteiger partial charge in [0, 0.05) is 17.5 Å². The molecule has 150 valence electrons. The number of anilines is 1. The molecule has 2 aromatic rings. The van der Waals surface area contributed by atoms with Crippen molar-refractivity contribution in [3.05, 3.63) is 71.8 Å². The Balaban J connectivity index is 1.74. The third-order valence-corrected chi connectivity index (χ3v) is 5.98. The number of carbonyl (C=O) groups is 2. The van der Waals surface area contributed by atoms with Crippen molar-refractivity contribution in [1.29, 1.82) is 0 Å². The minimum atomic E-state index is -0.385. The molecule has 0 aromatic heterocycles. The summed E-state index contributed by atoms with van der Waals surface area (Å²) >= 11 is 0. The lowest BCUT2D eigenvalue weighted by atomic mass is 9.69. The van der Waals surface area contributed by atoms with Crippen LogP contribution >= 0.6 is 0 Å². The lowest BCUT2D eigenvalue weighted by Crippen LogP contribution is -2.54. The Bertz CT molecular complexity index is 918. The molecule has 0 saturated carbocycles. The summed E-state index contributed by atoms with van der Waals surface area (Å²) in [5.74, 6) is -0.267. The summed E-state index contributed by atoms with van der Waals surface area (Å²) in [5.41, 5.74) is 3.10. The maximum atomic E-state index is 13.0. The van der Waals surface area contributed by atoms with Gasteiger partial charge in [0.05, 0.1) is 19.1 Å². The molecule has 0 bridgehead atoms. The molecule has 0 unspecified atom stereocenters. The Morgan fingerprint density at radius 2 is 1.76 bits per heavy atom. The van der Waals surface area contributed by atoms with Gasteiger partial charge in [-0.15, -0.1) is 0 Å². The van der Waals surface area contributed by atoms with Crippen molar-refractivity contribution in [3.8, 4) is 5.75 Å². The van der Waals surface area contributed by atoms with Crippen LogP contribution in [0.25, 0.3) is 0 Å². The molecular weight excluding hydrogens is 364 g/mol. The third kappa shape index (κ3) is 3.90. The Kier molecular flexibility index (Phi) is 5.38. The molecule has 4 rings (SSSR count). The molecular formula is C24H26N2O3. The van der Waals surface area contributed by atoms with Crippen LogP contribution in [0.2, 0.25) is 0 Å². The van der Waals surface area contributed by atoms with E-state index in [0.29, 0.717) is 0 Å². The molecule has 1 saturated heterocycles. The summed E-state index contributed by atoms with van der Waals surface area (Å²) < 4.78 is 5.29. The van der Waals surface area contributed by atoms with Gasteiger partial charge in [0.2, 0.25) is 11.8 Å². The minimum absolute atomic E-state index is 0.116. The largest absolute Gasteiger partial charge is 0.497 e. The normalized spacial score (nSPS) is 24.4. The van der Waals surface area contributed by atoms with Gasteiger partial charge in [0.25, 0.3) is 0 Å². The number of nitrogens with one attached hydrogen (secondary N) is 2. The number of rotatable bonds is 5. The quantitative estimate of drug-likeness (QED) is 0.598. The molecule has 1 aliphatic carbocycles. The second-order valence-electron chi connectivity index (χ2n) is 7.83. The number of ether oxygens (including phenoxy) is 1. The fourth-order valence-corrected chi connectivity index (χ4v) is 4.40. The molecule has 2 amide bonds. The third-order valence-electron chi connectivity index (χ3n) is 5.98. The number of benzene rings is 2. The monoisotopic (exact) mass is 390 g/mol. The van der Waals surface area contributed by atoms with Gasteiger partial charge < -0.3 is 10.1 Å². The fourth-order valence-electron chi connectivity index (χ4n) is 4.40. The predicted octanol–water partition coefficient (Wildman–Crippen LogP) is 4.01. The first-order chi connectivity index (χ1) is 14.1. The lowest BCUT2D eigenvalue weighted by molar-refractivity contribution is -0.143. The molecule has 1 fully saturated rings. The van der Waals surface area contributed by atoms with Crippen LogP contribution in [0.15, 0.2) is 60.7 Å². The van der Waals surface area contributed by atoms with Crippen molar-refractivity contribution in [2.45, 2.75) is 25.8 Å². The SMILES string of the molecule is COc1ccc([C@@H](Nc2ccc(C)cc2)[C@@H]2C(=O)NC(=O)[C@@H]3CCC=C[C@H]23)cc1. The van der Waals surface area contributed by atoms with E-state index in [-0.39, 0.29) is 35.6 Å². The van der Waals surface area contributed by atoms with Crippen LogP contribution in [0.1, 0.15) is 30.0 Å². The maximum absolute atomic E-state index is 13.0. The highest BCUT2D eigenvalue weighted by atomic mass is 16.5. The summed E-state index contributed by atoms with van der Waals surface area (Å²) in [6.07, 6.45) is 5.80. The van der Waals surface area contributed by atoms with Gasteiger partial charge in [-0.2, -0.15) is 0 Å². The van der Waals surface area contributed by atoms with Crippen molar-refractivity contribution in [1.82, 2.24) is 5.32 Å². The van der Waals surface area contributed by atoms with E-state index in [1.807, 2.05) is 55.5 Å². The number of hydrogen-bond donors (Lipinski definition) is 2. The predicted molar refractivity (Wildman–Crippen MR) is 113 cm³/mol. The van der Waals surface area contributed by atoms with E-state index in [0.717, 1.165) is 29.8 Å². The standard InChI is InChI=1S/C24H26N2O3/c1-15-7-11-17(12-8-15)25-22(16-9-13-18(29-2)14-10-16)21-19-5-3-4-6-20(19)23(27)26-24(21)28/h3,5,7-14,19-22,25H,4,6H2,1-2H3,(H,26,27,28)/t19-,20+,21+,22+/m0/s1. The number of fused-ring (bicyclic) bond motifs is 1. The first-order valence-electron chi connectivity index (χ1n) is 10.1. The second-order valence-corrected chi connectivity index (χ2v) is 7.83. The number of aryl methyl sites for hydroxylation is 1. The van der Waals surface area contributed by atoms with E-state index >= 15 is 0 Å². The first kappa shape index (κ1) is 19.2. The van der Waals surface area contributed by atoms with E-state index in [4.69, 9.17) is 4.74 Å². The van der Waals surface area contributed by atoms with Crippen LogP contribution in [0, 0.1) is 24.7 Å². The maximum Gasteiger partial charge on any atom is 0.232 e. The molecule has 4 atom stereocenters. The van der Waals surface area contributed by atoms with Crippen LogP contribution in [-0.2, 0) is 9.59 Å². The van der Waals surface area contributed by atoms with Gasteiger partial charge in [0.1, 0.15) is 5.75 Å². The highest BCUT2D eigenvalue weighted by Gasteiger charge is 2.46. The molecule has 5 nitrogen and oxygen atoms in total. The highest BCUT2D eigenvalue weighted by Crippen LogP contribution is 2.42. The van der Waals surface area contributed by atoms with E-state index in [2.05, 4.69) is 22.8 Å². The number of carbonyl (C=O) groups excluding carboxylic acids is 2. The summed E-state index contributed by atoms with van der Waals surface area (Å²) in [6.45, 7) is 2.04. The summed E-state index contributed by atoms with van der Waals surface area (Å²) in [5, 5.41) is 6.18. The number of hydrogen-bond acceptors (Lipinski definition) is 4. The smallest absolute Gasteiger partial charge is 0.232 e. The van der Waals surface area contributed by atoms with E-state index in [1.165, 1.54) is 5.56 Å². The van der Waals surface area contributed by atoms with Crippen LogP contribution in [0.5, 0.6) is 5.75 Å². The van der Waals surface area contributed by atoms with Gasteiger partial charge in [-0.25, -0.2) is 0 Å². The van der Waals surface area contributed by atoms with Crippen molar-refractivity contribution in [2.75, 3.05) is 12.4 Å². The van der Waals surface area contributed by atoms with Crippen LogP contribution in [0.4, 0.5) is 5.69 Å². The van der Waals surface area contributed by atoms with E-state index in [9.17, 15) is 9.59 Å². The van der Waals surface area contributed by atoms with Crippen LogP contribution in [-0.4, -0.2) is 18.9 Å². The summed E-state index contributed by atoms with van der Waals surface area (Å²) in [6, 6.07) is 15.6. The van der Waals surface area contributed by atoms with Crippen molar-refractivity contribution < 1.29 is 14.3 Å². The summed E-state index contributed by atoms with van der Waals surface area (Å²) in [4.78, 5) is 25.4. The average Bonchev–Trinajstić information content (AvgIpc) is 2.74. The molecule has 2 aromatic carbocycles. The zero-order valence-corrected chi connectivity index (χ0v) is 16.7. The number of allylic oxidation sites excluding steroid dienone is 2. The molecule has 29 heavy (non-hydrogen) atoms. The van der Waals surface area contributed by atoms with Gasteiger partial charge >= 0.3 is 0 Å². The minimum Gasteiger partial charge on any atom is -0.497 e. The molecule has 1 aliphatic heterocycles. The molecule has 5 heteroatoms. The van der Waals surface area contributed by atoms with E-state index in [1.54, 1.807) is 7.11 Å². The number of imide groups is 1. The fraction of sp³-hybridized carbons (Fsp3) is 0.333. The zero-order valence-electron chi connectivity index (χ0n) is 16.7. The van der Waals surface area contributed by atoms with Crippen molar-refractivity contribution >= 4 is 17.5 Å². The molecule has 2 aliphatic rings. The van der Waals surface area contributed by atoms with Crippen molar-refractivity contribution in [3.63, 3.8) is 0 Å². The highest BCUT2D eigenvalue weighted by molar-refractivity contribution is 6.01. The van der Waals surface area contributed by atoms with Crippen LogP contribution < -0.4 is 15.4 Å². The first-order valence-corrected chi connectivity index (χ1v) is 10.1. The van der Waals surface area contributed by atoms with E-state index < -0.39 is 0 Å². The van der Waals surface area contributed by atoms with Gasteiger partial charge in [-0.3, -0.25) is 14.9 Å². The lowest BCUT2D eigenvalue weighted by Gasteiger charge is -2.41. The Morgan fingerprint density at radius 1 is 1.03 bits per heavy atom.